The Balaban J connectivity index is 1.68. The number of nitrogens with zero attached hydrogens (tertiary/aromatic N) is 5. The van der Waals surface area contributed by atoms with Gasteiger partial charge in [0.05, 0.1) is 23.5 Å². The molecule has 0 aliphatic carbocycles. The molecule has 3 heterocycles. The molecule has 158 valence electrons. The van der Waals surface area contributed by atoms with E-state index in [2.05, 4.69) is 41.1 Å². The molecule has 0 N–H and O–H groups in total. The minimum absolute atomic E-state index is 0.271. The van der Waals surface area contributed by atoms with Crippen molar-refractivity contribution in [2.75, 3.05) is 20.1 Å². The molecule has 4 rings (SSSR count). The summed E-state index contributed by atoms with van der Waals surface area (Å²) in [5, 5.41) is 16.0. The predicted octanol–water partition coefficient (Wildman–Crippen LogP) is 4.86. The normalized spacial score (nSPS) is 22.7. The number of halogens is 1. The summed E-state index contributed by atoms with van der Waals surface area (Å²) in [6.45, 7) is 10.1. The van der Waals surface area contributed by atoms with E-state index < -0.39 is 0 Å². The van der Waals surface area contributed by atoms with Crippen molar-refractivity contribution < 1.29 is 4.39 Å². The van der Waals surface area contributed by atoms with Gasteiger partial charge in [-0.2, -0.15) is 15.3 Å². The first-order chi connectivity index (χ1) is 14.3. The summed E-state index contributed by atoms with van der Waals surface area (Å²) >= 11 is 0. The molecule has 6 heteroatoms. The maximum Gasteiger partial charge on any atom is 0.133 e. The Hall–Kier alpha value is -2.60. The van der Waals surface area contributed by atoms with Gasteiger partial charge in [-0.15, -0.1) is 0 Å². The highest BCUT2D eigenvalue weighted by molar-refractivity contribution is 6.10. The van der Waals surface area contributed by atoms with Crippen molar-refractivity contribution in [2.45, 2.75) is 52.5 Å². The molecule has 1 aromatic carbocycles. The van der Waals surface area contributed by atoms with Crippen molar-refractivity contribution in [1.82, 2.24) is 20.1 Å². The third kappa shape index (κ3) is 4.29. The standard InChI is InChI=1S/C24H30FN5/c1-15(2)13-30-14-16(3)8-23(28-30)19-10-21(25)20-12-22(26-27-24(20)11-19)18-6-7-29(5)17(4)9-18/h8,10-13,17-18H,6-7,9,14H2,1-5H3/t17-,18?/m1/s1. The number of benzene rings is 1. The molecule has 1 saturated heterocycles. The van der Waals surface area contributed by atoms with E-state index in [0.717, 1.165) is 42.9 Å². The smallest absolute Gasteiger partial charge is 0.133 e. The van der Waals surface area contributed by atoms with Gasteiger partial charge < -0.3 is 4.90 Å². The molecule has 5 nitrogen and oxygen atoms in total. The average Bonchev–Trinajstić information content (AvgIpc) is 2.69. The number of fused-ring (bicyclic) bond motifs is 1. The fraction of sp³-hybridized carbons (Fsp3) is 0.458. The lowest BCUT2D eigenvalue weighted by molar-refractivity contribution is 0.181. The number of rotatable bonds is 3. The highest BCUT2D eigenvalue weighted by Gasteiger charge is 2.26. The van der Waals surface area contributed by atoms with Crippen LogP contribution in [0.3, 0.4) is 0 Å². The lowest BCUT2D eigenvalue weighted by Gasteiger charge is -2.34. The summed E-state index contributed by atoms with van der Waals surface area (Å²) in [6, 6.07) is 5.85. The zero-order valence-electron chi connectivity index (χ0n) is 18.5. The summed E-state index contributed by atoms with van der Waals surface area (Å²) < 4.78 is 15.1. The van der Waals surface area contributed by atoms with Crippen LogP contribution in [0.4, 0.5) is 4.39 Å². The Morgan fingerprint density at radius 3 is 2.73 bits per heavy atom. The SMILES string of the molecule is CC(C)=CN1CC(C)=CC(c2cc(F)c3cc(C4CCN(C)[C@H](C)C4)nnc3c2)=N1. The zero-order valence-corrected chi connectivity index (χ0v) is 18.5. The van der Waals surface area contributed by atoms with E-state index in [1.165, 1.54) is 11.1 Å². The topological polar surface area (TPSA) is 44.6 Å². The van der Waals surface area contributed by atoms with Crippen molar-refractivity contribution in [2.24, 2.45) is 5.10 Å². The number of hydrazone groups is 1. The van der Waals surface area contributed by atoms with Crippen LogP contribution < -0.4 is 0 Å². The van der Waals surface area contributed by atoms with Crippen LogP contribution in [0.25, 0.3) is 10.9 Å². The Bertz CT molecular complexity index is 1050. The molecule has 1 unspecified atom stereocenters. The van der Waals surface area contributed by atoms with Crippen LogP contribution in [0.1, 0.15) is 57.7 Å². The number of likely N-dealkylation sites (tertiary alicyclic amines) is 1. The fourth-order valence-electron chi connectivity index (χ4n) is 4.27. The lowest BCUT2D eigenvalue weighted by atomic mass is 9.88. The molecular weight excluding hydrogens is 377 g/mol. The maximum atomic E-state index is 15.1. The van der Waals surface area contributed by atoms with Crippen molar-refractivity contribution in [1.29, 1.82) is 0 Å². The van der Waals surface area contributed by atoms with Crippen LogP contribution >= 0.6 is 0 Å². The van der Waals surface area contributed by atoms with Crippen LogP contribution in [-0.4, -0.2) is 52.0 Å². The van der Waals surface area contributed by atoms with E-state index >= 15 is 4.39 Å². The van der Waals surface area contributed by atoms with Gasteiger partial charge in [0, 0.05) is 29.1 Å². The maximum absolute atomic E-state index is 15.1. The third-order valence-electron chi connectivity index (χ3n) is 6.03. The fourth-order valence-corrected chi connectivity index (χ4v) is 4.27. The summed E-state index contributed by atoms with van der Waals surface area (Å²) in [5.74, 6) is 0.0609. The predicted molar refractivity (Wildman–Crippen MR) is 120 cm³/mol. The molecule has 2 aliphatic rings. The second-order valence-electron chi connectivity index (χ2n) is 8.99. The summed E-state index contributed by atoms with van der Waals surface area (Å²) in [6.07, 6.45) is 6.07. The van der Waals surface area contributed by atoms with Crippen molar-refractivity contribution in [3.8, 4) is 0 Å². The third-order valence-corrected chi connectivity index (χ3v) is 6.03. The van der Waals surface area contributed by atoms with Gasteiger partial charge in [-0.25, -0.2) is 4.39 Å². The van der Waals surface area contributed by atoms with Crippen molar-refractivity contribution in [3.05, 3.63) is 58.7 Å². The van der Waals surface area contributed by atoms with E-state index in [-0.39, 0.29) is 5.82 Å². The van der Waals surface area contributed by atoms with Gasteiger partial charge in [-0.3, -0.25) is 5.01 Å². The molecule has 0 spiro atoms. The second-order valence-corrected chi connectivity index (χ2v) is 8.99. The van der Waals surface area contributed by atoms with Gasteiger partial charge in [0.1, 0.15) is 5.82 Å². The Morgan fingerprint density at radius 1 is 1.20 bits per heavy atom. The zero-order chi connectivity index (χ0) is 21.4. The highest BCUT2D eigenvalue weighted by atomic mass is 19.1. The van der Waals surface area contributed by atoms with Gasteiger partial charge in [0.15, 0.2) is 0 Å². The Labute approximate surface area is 178 Å². The number of allylic oxidation sites excluding steroid dienone is 2. The molecule has 0 radical (unpaired) electrons. The summed E-state index contributed by atoms with van der Waals surface area (Å²) in [5.41, 5.74) is 5.28. The van der Waals surface area contributed by atoms with Crippen molar-refractivity contribution >= 4 is 16.6 Å². The molecule has 1 aromatic heterocycles. The lowest BCUT2D eigenvalue weighted by Crippen LogP contribution is -2.37. The first kappa shape index (κ1) is 20.7. The first-order valence-corrected chi connectivity index (χ1v) is 10.6. The Morgan fingerprint density at radius 2 is 2.00 bits per heavy atom. The molecule has 2 aromatic rings. The van der Waals surface area contributed by atoms with Crippen LogP contribution in [0, 0.1) is 5.82 Å². The first-order valence-electron chi connectivity index (χ1n) is 10.6. The molecule has 1 fully saturated rings. The van der Waals surface area contributed by atoms with Crippen molar-refractivity contribution in [3.63, 3.8) is 0 Å². The number of hydrogen-bond acceptors (Lipinski definition) is 5. The minimum atomic E-state index is -0.271. The van der Waals surface area contributed by atoms with Crippen LogP contribution in [0.15, 0.2) is 46.7 Å². The van der Waals surface area contributed by atoms with E-state index in [1.807, 2.05) is 43.3 Å². The molecule has 2 aliphatic heterocycles. The monoisotopic (exact) mass is 407 g/mol. The minimum Gasteiger partial charge on any atom is -0.304 e. The quantitative estimate of drug-likeness (QED) is 0.729. The molecule has 30 heavy (non-hydrogen) atoms. The van der Waals surface area contributed by atoms with Gasteiger partial charge >= 0.3 is 0 Å². The summed E-state index contributed by atoms with van der Waals surface area (Å²) in [7, 11) is 2.15. The van der Waals surface area contributed by atoms with Gasteiger partial charge in [-0.05, 0) is 84.0 Å². The molecular formula is C24H30FN5. The molecule has 0 amide bonds. The van der Waals surface area contributed by atoms with E-state index in [0.29, 0.717) is 22.9 Å². The largest absolute Gasteiger partial charge is 0.304 e. The molecule has 0 bridgehead atoms. The Kier molecular flexibility index (Phi) is 5.69. The molecule has 0 saturated carbocycles. The van der Waals surface area contributed by atoms with Gasteiger partial charge in [-0.1, -0.05) is 5.57 Å². The van der Waals surface area contributed by atoms with Gasteiger partial charge in [0.25, 0.3) is 0 Å². The van der Waals surface area contributed by atoms with Crippen LogP contribution in [-0.2, 0) is 0 Å². The number of hydrogen-bond donors (Lipinski definition) is 0. The average molecular weight is 408 g/mol. The van der Waals surface area contributed by atoms with Crippen LogP contribution in [0.5, 0.6) is 0 Å². The second kappa shape index (κ2) is 8.26. The van der Waals surface area contributed by atoms with E-state index in [9.17, 15) is 0 Å². The summed E-state index contributed by atoms with van der Waals surface area (Å²) in [4.78, 5) is 2.36. The van der Waals surface area contributed by atoms with Gasteiger partial charge in [0.2, 0.25) is 0 Å². The van der Waals surface area contributed by atoms with E-state index in [1.54, 1.807) is 6.07 Å². The van der Waals surface area contributed by atoms with E-state index in [4.69, 9.17) is 0 Å². The number of piperidine rings is 1. The van der Waals surface area contributed by atoms with Crippen LogP contribution in [0.2, 0.25) is 0 Å². The number of aromatic nitrogens is 2. The highest BCUT2D eigenvalue weighted by Crippen LogP contribution is 2.31. The molecule has 2 atom stereocenters.